The summed E-state index contributed by atoms with van der Waals surface area (Å²) in [5.41, 5.74) is 0. The normalized spacial score (nSPS) is 37.2. The van der Waals surface area contributed by atoms with Crippen LogP contribution < -0.4 is 0 Å². The Morgan fingerprint density at radius 3 is 2.67 bits per heavy atom. The fraction of sp³-hybridized carbons (Fsp3) is 1.00. The number of nitrogens with zero attached hydrogens (tertiary/aromatic N) is 1. The molecule has 2 atom stereocenters. The van der Waals surface area contributed by atoms with E-state index in [2.05, 4.69) is 18.7 Å². The largest absolute Gasteiger partial charge is 0.374 e. The van der Waals surface area contributed by atoms with E-state index >= 15 is 0 Å². The molecule has 0 aliphatic carbocycles. The van der Waals surface area contributed by atoms with Crippen molar-refractivity contribution in [3.63, 3.8) is 0 Å². The number of ether oxygens (including phenoxy) is 1. The lowest BCUT2D eigenvalue weighted by Crippen LogP contribution is -2.36. The van der Waals surface area contributed by atoms with Crippen LogP contribution in [-0.4, -0.2) is 36.2 Å². The summed E-state index contributed by atoms with van der Waals surface area (Å²) >= 11 is 0. The quantitative estimate of drug-likeness (QED) is 0.592. The first-order valence-corrected chi connectivity index (χ1v) is 5.15. The molecule has 2 aliphatic heterocycles. The number of rotatable bonds is 1. The smallest absolute Gasteiger partial charge is 0.0706 e. The third-order valence-corrected chi connectivity index (χ3v) is 3.10. The fourth-order valence-corrected chi connectivity index (χ4v) is 2.26. The van der Waals surface area contributed by atoms with Gasteiger partial charge in [0.15, 0.2) is 0 Å². The molecule has 0 N–H and O–H groups in total. The molecule has 2 nitrogen and oxygen atoms in total. The summed E-state index contributed by atoms with van der Waals surface area (Å²) in [7, 11) is 0. The van der Waals surface area contributed by atoms with Crippen molar-refractivity contribution in [3.8, 4) is 0 Å². The van der Waals surface area contributed by atoms with Gasteiger partial charge in [-0.25, -0.2) is 0 Å². The molecule has 2 bridgehead atoms. The molecule has 0 aromatic rings. The van der Waals surface area contributed by atoms with Crippen LogP contribution in [0.15, 0.2) is 0 Å². The summed E-state index contributed by atoms with van der Waals surface area (Å²) < 4.78 is 5.86. The molecule has 0 aromatic heterocycles. The second-order valence-electron chi connectivity index (χ2n) is 4.33. The lowest BCUT2D eigenvalue weighted by atomic mass is 10.1. The first kappa shape index (κ1) is 8.52. The molecule has 2 fully saturated rings. The van der Waals surface area contributed by atoms with Gasteiger partial charge in [0.1, 0.15) is 0 Å². The number of hydrogen-bond acceptors (Lipinski definition) is 2. The van der Waals surface area contributed by atoms with E-state index in [1.165, 1.54) is 25.8 Å². The van der Waals surface area contributed by atoms with Gasteiger partial charge in [-0.2, -0.15) is 0 Å². The Labute approximate surface area is 74.9 Å². The Morgan fingerprint density at radius 1 is 1.17 bits per heavy atom. The van der Waals surface area contributed by atoms with Gasteiger partial charge in [-0.3, -0.25) is 4.90 Å². The molecule has 2 heteroatoms. The van der Waals surface area contributed by atoms with E-state index in [4.69, 9.17) is 4.74 Å². The van der Waals surface area contributed by atoms with Crippen molar-refractivity contribution in [2.75, 3.05) is 13.1 Å². The fourth-order valence-electron chi connectivity index (χ4n) is 2.26. The Hall–Kier alpha value is -0.0800. The maximum atomic E-state index is 5.86. The zero-order valence-corrected chi connectivity index (χ0v) is 8.12. The van der Waals surface area contributed by atoms with Crippen LogP contribution in [-0.2, 0) is 4.74 Å². The molecule has 2 unspecified atom stereocenters. The minimum atomic E-state index is 0.542. The number of hydrogen-bond donors (Lipinski definition) is 0. The zero-order chi connectivity index (χ0) is 8.55. The average molecular weight is 169 g/mol. The van der Waals surface area contributed by atoms with Crippen LogP contribution in [0, 0.1) is 0 Å². The molecule has 0 spiro atoms. The van der Waals surface area contributed by atoms with Gasteiger partial charge in [0, 0.05) is 19.1 Å². The Kier molecular flexibility index (Phi) is 2.37. The first-order valence-electron chi connectivity index (χ1n) is 5.15. The molecular formula is C10H19NO. The monoisotopic (exact) mass is 169 g/mol. The van der Waals surface area contributed by atoms with Crippen LogP contribution in [0.5, 0.6) is 0 Å². The molecule has 70 valence electrons. The van der Waals surface area contributed by atoms with Crippen LogP contribution in [0.1, 0.15) is 33.1 Å². The second kappa shape index (κ2) is 3.35. The van der Waals surface area contributed by atoms with Crippen LogP contribution in [0.2, 0.25) is 0 Å². The Bertz CT molecular complexity index is 158. The molecule has 2 rings (SSSR count). The molecule has 2 heterocycles. The molecule has 2 aliphatic rings. The summed E-state index contributed by atoms with van der Waals surface area (Å²) in [6, 6.07) is 0.688. The van der Waals surface area contributed by atoms with E-state index in [0.717, 1.165) is 6.54 Å². The first-order chi connectivity index (χ1) is 5.75. The van der Waals surface area contributed by atoms with Crippen LogP contribution in [0.3, 0.4) is 0 Å². The van der Waals surface area contributed by atoms with E-state index in [1.807, 2.05) is 0 Å². The summed E-state index contributed by atoms with van der Waals surface area (Å²) in [5.74, 6) is 0. The summed E-state index contributed by atoms with van der Waals surface area (Å²) in [4.78, 5) is 2.55. The van der Waals surface area contributed by atoms with Gasteiger partial charge in [0.25, 0.3) is 0 Å². The van der Waals surface area contributed by atoms with Crippen molar-refractivity contribution in [1.82, 2.24) is 4.90 Å². The summed E-state index contributed by atoms with van der Waals surface area (Å²) in [6.07, 6.45) is 4.96. The highest BCUT2D eigenvalue weighted by Gasteiger charge is 2.31. The molecule has 2 saturated heterocycles. The van der Waals surface area contributed by atoms with E-state index < -0.39 is 0 Å². The standard InChI is InChI=1S/C10H19NO/c1-8(2)11-6-5-9-3-4-10(7-11)12-9/h8-10H,3-7H2,1-2H3. The zero-order valence-electron chi connectivity index (χ0n) is 8.12. The minimum Gasteiger partial charge on any atom is -0.374 e. The van der Waals surface area contributed by atoms with Gasteiger partial charge in [-0.15, -0.1) is 0 Å². The SMILES string of the molecule is CC(C)N1CCC2CCC(C1)O2. The van der Waals surface area contributed by atoms with Crippen molar-refractivity contribution < 1.29 is 4.74 Å². The number of fused-ring (bicyclic) bond motifs is 2. The van der Waals surface area contributed by atoms with E-state index in [0.29, 0.717) is 18.2 Å². The lowest BCUT2D eigenvalue weighted by Gasteiger charge is -2.26. The van der Waals surface area contributed by atoms with E-state index in [1.54, 1.807) is 0 Å². The highest BCUT2D eigenvalue weighted by Crippen LogP contribution is 2.26. The Balaban J connectivity index is 1.96. The van der Waals surface area contributed by atoms with Gasteiger partial charge >= 0.3 is 0 Å². The van der Waals surface area contributed by atoms with Gasteiger partial charge in [0.05, 0.1) is 12.2 Å². The highest BCUT2D eigenvalue weighted by atomic mass is 16.5. The summed E-state index contributed by atoms with van der Waals surface area (Å²) in [5, 5.41) is 0. The molecule has 0 radical (unpaired) electrons. The third-order valence-electron chi connectivity index (χ3n) is 3.10. The summed E-state index contributed by atoms with van der Waals surface area (Å²) in [6.45, 7) is 6.95. The predicted octanol–water partition coefficient (Wildman–Crippen LogP) is 1.65. The van der Waals surface area contributed by atoms with Crippen molar-refractivity contribution in [3.05, 3.63) is 0 Å². The molecule has 0 amide bonds. The van der Waals surface area contributed by atoms with Gasteiger partial charge in [-0.05, 0) is 33.1 Å². The van der Waals surface area contributed by atoms with Crippen LogP contribution in [0.4, 0.5) is 0 Å². The van der Waals surface area contributed by atoms with Gasteiger partial charge < -0.3 is 4.74 Å². The van der Waals surface area contributed by atoms with E-state index in [-0.39, 0.29) is 0 Å². The van der Waals surface area contributed by atoms with Crippen molar-refractivity contribution >= 4 is 0 Å². The third kappa shape index (κ3) is 1.64. The molecular weight excluding hydrogens is 150 g/mol. The molecule has 0 aromatic carbocycles. The lowest BCUT2D eigenvalue weighted by molar-refractivity contribution is 0.0477. The maximum absolute atomic E-state index is 5.86. The van der Waals surface area contributed by atoms with Crippen molar-refractivity contribution in [2.24, 2.45) is 0 Å². The maximum Gasteiger partial charge on any atom is 0.0706 e. The van der Waals surface area contributed by atoms with Crippen LogP contribution >= 0.6 is 0 Å². The topological polar surface area (TPSA) is 12.5 Å². The molecule has 12 heavy (non-hydrogen) atoms. The Morgan fingerprint density at radius 2 is 1.92 bits per heavy atom. The number of likely N-dealkylation sites (tertiary alicyclic amines) is 1. The van der Waals surface area contributed by atoms with E-state index in [9.17, 15) is 0 Å². The van der Waals surface area contributed by atoms with Crippen LogP contribution in [0.25, 0.3) is 0 Å². The highest BCUT2D eigenvalue weighted by molar-refractivity contribution is 4.82. The average Bonchev–Trinajstić information content (AvgIpc) is 2.29. The minimum absolute atomic E-state index is 0.542. The second-order valence-corrected chi connectivity index (χ2v) is 4.33. The van der Waals surface area contributed by atoms with Gasteiger partial charge in [-0.1, -0.05) is 0 Å². The molecule has 0 saturated carbocycles. The van der Waals surface area contributed by atoms with Gasteiger partial charge in [0.2, 0.25) is 0 Å². The van der Waals surface area contributed by atoms with Crippen molar-refractivity contribution in [2.45, 2.75) is 51.4 Å². The van der Waals surface area contributed by atoms with Crippen molar-refractivity contribution in [1.29, 1.82) is 0 Å². The predicted molar refractivity (Wildman–Crippen MR) is 49.2 cm³/mol.